The molecule has 2 aliphatic rings. The molecule has 1 atom stereocenters. The van der Waals surface area contributed by atoms with Gasteiger partial charge in [-0.25, -0.2) is 0 Å². The first-order valence-electron chi connectivity index (χ1n) is 11.9. The van der Waals surface area contributed by atoms with Crippen molar-refractivity contribution >= 4 is 23.1 Å². The van der Waals surface area contributed by atoms with Gasteiger partial charge >= 0.3 is 0 Å². The summed E-state index contributed by atoms with van der Waals surface area (Å²) in [6, 6.07) is 17.1. The predicted molar refractivity (Wildman–Crippen MR) is 136 cm³/mol. The van der Waals surface area contributed by atoms with Gasteiger partial charge in [0.05, 0.1) is 31.9 Å². The molecule has 0 spiro atoms. The number of Topliss-reactive ketones (excluding diaryl/α,β-unsaturated/α-hetero) is 1. The molecule has 3 aromatic rings. The van der Waals surface area contributed by atoms with Gasteiger partial charge in [-0.1, -0.05) is 18.2 Å². The number of ketones is 1. The third kappa shape index (κ3) is 3.96. The summed E-state index contributed by atoms with van der Waals surface area (Å²) < 4.78 is 16.8. The monoisotopic (exact) mass is 485 g/mol. The van der Waals surface area contributed by atoms with Crippen LogP contribution in [0.4, 0.5) is 5.69 Å². The van der Waals surface area contributed by atoms with Crippen LogP contribution in [-0.2, 0) is 16.0 Å². The number of ether oxygens (including phenoxy) is 3. The summed E-state index contributed by atoms with van der Waals surface area (Å²) in [5.74, 6) is 0.112. The minimum Gasteiger partial charge on any atom is -0.507 e. The molecule has 1 saturated heterocycles. The molecule has 36 heavy (non-hydrogen) atoms. The first kappa shape index (κ1) is 23.5. The Hall–Kier alpha value is -4.26. The molecular formula is C29H27NO6. The average molecular weight is 486 g/mol. The summed E-state index contributed by atoms with van der Waals surface area (Å²) >= 11 is 0. The SMILES string of the molecule is CCOc1cc(C2/C(=C(\O)c3ccc4c(c3)CCO4)C(=O)C(=O)N2c2cccc(C)c2)ccc1OC. The fourth-order valence-corrected chi connectivity index (χ4v) is 4.81. The fraction of sp³-hybridized carbons (Fsp3) is 0.241. The highest BCUT2D eigenvalue weighted by Crippen LogP contribution is 2.44. The highest BCUT2D eigenvalue weighted by molar-refractivity contribution is 6.51. The number of rotatable bonds is 6. The van der Waals surface area contributed by atoms with Crippen molar-refractivity contribution in [1.82, 2.24) is 0 Å². The number of nitrogens with zero attached hydrogens (tertiary/aromatic N) is 1. The van der Waals surface area contributed by atoms with E-state index in [1.54, 1.807) is 43.5 Å². The second-order valence-corrected chi connectivity index (χ2v) is 8.77. The van der Waals surface area contributed by atoms with Crippen molar-refractivity contribution in [3.8, 4) is 17.2 Å². The molecular weight excluding hydrogens is 458 g/mol. The molecule has 7 heteroatoms. The molecule has 3 aromatic carbocycles. The fourth-order valence-electron chi connectivity index (χ4n) is 4.81. The van der Waals surface area contributed by atoms with E-state index < -0.39 is 17.7 Å². The maximum Gasteiger partial charge on any atom is 0.300 e. The molecule has 0 bridgehead atoms. The summed E-state index contributed by atoms with van der Waals surface area (Å²) in [5.41, 5.74) is 3.56. The number of hydrogen-bond donors (Lipinski definition) is 1. The summed E-state index contributed by atoms with van der Waals surface area (Å²) in [6.45, 7) is 4.77. The molecule has 1 unspecified atom stereocenters. The van der Waals surface area contributed by atoms with Crippen LogP contribution in [0.2, 0.25) is 0 Å². The van der Waals surface area contributed by atoms with Gasteiger partial charge in [-0.05, 0) is 73.0 Å². The highest BCUT2D eigenvalue weighted by Gasteiger charge is 2.47. The number of anilines is 1. The van der Waals surface area contributed by atoms with Crippen molar-refractivity contribution in [3.05, 3.63) is 88.5 Å². The van der Waals surface area contributed by atoms with Gasteiger partial charge in [0.1, 0.15) is 11.5 Å². The van der Waals surface area contributed by atoms with Crippen LogP contribution in [0.3, 0.4) is 0 Å². The Morgan fingerprint density at radius 3 is 2.67 bits per heavy atom. The lowest BCUT2D eigenvalue weighted by Gasteiger charge is -2.26. The Balaban J connectivity index is 1.72. The normalized spacial score (nSPS) is 18.2. The second-order valence-electron chi connectivity index (χ2n) is 8.77. The van der Waals surface area contributed by atoms with Crippen molar-refractivity contribution < 1.29 is 28.9 Å². The van der Waals surface area contributed by atoms with Crippen LogP contribution >= 0.6 is 0 Å². The molecule has 2 heterocycles. The molecule has 2 aliphatic heterocycles. The summed E-state index contributed by atoms with van der Waals surface area (Å²) in [4.78, 5) is 28.3. The molecule has 0 saturated carbocycles. The minimum absolute atomic E-state index is 0.0213. The second kappa shape index (κ2) is 9.41. The molecule has 0 aliphatic carbocycles. The first-order chi connectivity index (χ1) is 17.4. The number of benzene rings is 3. The highest BCUT2D eigenvalue weighted by atomic mass is 16.5. The number of aryl methyl sites for hydroxylation is 1. The van der Waals surface area contributed by atoms with Crippen LogP contribution in [0, 0.1) is 6.92 Å². The van der Waals surface area contributed by atoms with Crippen LogP contribution in [0.1, 0.15) is 35.2 Å². The predicted octanol–water partition coefficient (Wildman–Crippen LogP) is 4.96. The van der Waals surface area contributed by atoms with Crippen molar-refractivity contribution in [2.75, 3.05) is 25.2 Å². The number of hydrogen-bond acceptors (Lipinski definition) is 6. The third-order valence-electron chi connectivity index (χ3n) is 6.49. The lowest BCUT2D eigenvalue weighted by molar-refractivity contribution is -0.132. The Bertz CT molecular complexity index is 1390. The zero-order valence-electron chi connectivity index (χ0n) is 20.4. The molecule has 0 aromatic heterocycles. The van der Waals surface area contributed by atoms with Gasteiger partial charge in [-0.2, -0.15) is 0 Å². The van der Waals surface area contributed by atoms with Gasteiger partial charge in [-0.3, -0.25) is 14.5 Å². The zero-order valence-corrected chi connectivity index (χ0v) is 20.4. The molecule has 184 valence electrons. The third-order valence-corrected chi connectivity index (χ3v) is 6.49. The minimum atomic E-state index is -0.860. The smallest absolute Gasteiger partial charge is 0.300 e. The van der Waals surface area contributed by atoms with Crippen molar-refractivity contribution in [1.29, 1.82) is 0 Å². The maximum atomic E-state index is 13.5. The number of aliphatic hydroxyl groups is 1. The van der Waals surface area contributed by atoms with E-state index in [1.807, 2.05) is 38.1 Å². The molecule has 1 amide bonds. The van der Waals surface area contributed by atoms with Crippen LogP contribution in [0.25, 0.3) is 5.76 Å². The molecule has 1 fully saturated rings. The van der Waals surface area contributed by atoms with Gasteiger partial charge < -0.3 is 19.3 Å². The van der Waals surface area contributed by atoms with Crippen molar-refractivity contribution in [3.63, 3.8) is 0 Å². The van der Waals surface area contributed by atoms with Crippen molar-refractivity contribution in [2.45, 2.75) is 26.3 Å². The van der Waals surface area contributed by atoms with E-state index in [4.69, 9.17) is 14.2 Å². The number of carbonyl (C=O) groups excluding carboxylic acids is 2. The Kier molecular flexibility index (Phi) is 6.14. The quantitative estimate of drug-likeness (QED) is 0.302. The summed E-state index contributed by atoms with van der Waals surface area (Å²) in [5, 5.41) is 11.4. The van der Waals surface area contributed by atoms with E-state index in [2.05, 4.69) is 0 Å². The van der Waals surface area contributed by atoms with Crippen LogP contribution in [0.5, 0.6) is 17.2 Å². The Morgan fingerprint density at radius 1 is 1.08 bits per heavy atom. The van der Waals surface area contributed by atoms with Gasteiger partial charge in [0.2, 0.25) is 0 Å². The van der Waals surface area contributed by atoms with E-state index in [-0.39, 0.29) is 11.3 Å². The van der Waals surface area contributed by atoms with Crippen LogP contribution < -0.4 is 19.1 Å². The van der Waals surface area contributed by atoms with E-state index in [0.717, 1.165) is 16.9 Å². The van der Waals surface area contributed by atoms with E-state index in [1.165, 1.54) is 4.90 Å². The standard InChI is InChI=1S/C29H27NO6/c1-4-35-24-16-19(8-11-23(24)34-3)26-25(27(31)20-9-10-22-18(15-20)12-13-36-22)28(32)29(33)30(26)21-7-5-6-17(2)14-21/h5-11,14-16,26,31H,4,12-13H2,1-3H3/b27-25+. The number of methoxy groups -OCH3 is 1. The summed E-state index contributed by atoms with van der Waals surface area (Å²) in [6.07, 6.45) is 0.716. The van der Waals surface area contributed by atoms with Gasteiger partial charge in [0, 0.05) is 17.7 Å². The van der Waals surface area contributed by atoms with E-state index in [9.17, 15) is 14.7 Å². The number of fused-ring (bicyclic) bond motifs is 1. The van der Waals surface area contributed by atoms with Gasteiger partial charge in [-0.15, -0.1) is 0 Å². The zero-order chi connectivity index (χ0) is 25.4. The Labute approximate surface area is 209 Å². The van der Waals surface area contributed by atoms with E-state index >= 15 is 0 Å². The van der Waals surface area contributed by atoms with Crippen molar-refractivity contribution in [2.24, 2.45) is 0 Å². The lowest BCUT2D eigenvalue weighted by Crippen LogP contribution is -2.29. The lowest BCUT2D eigenvalue weighted by atomic mass is 9.94. The van der Waals surface area contributed by atoms with E-state index in [0.29, 0.717) is 47.9 Å². The summed E-state index contributed by atoms with van der Waals surface area (Å²) in [7, 11) is 1.55. The topological polar surface area (TPSA) is 85.3 Å². The number of aliphatic hydroxyl groups excluding tert-OH is 1. The molecule has 1 N–H and O–H groups in total. The average Bonchev–Trinajstić information content (AvgIpc) is 3.45. The number of amides is 1. The molecule has 5 rings (SSSR count). The molecule has 0 radical (unpaired) electrons. The first-order valence-corrected chi connectivity index (χ1v) is 11.9. The maximum absolute atomic E-state index is 13.5. The van der Waals surface area contributed by atoms with Crippen LogP contribution in [-0.4, -0.2) is 37.1 Å². The molecule has 7 nitrogen and oxygen atoms in total. The number of carbonyl (C=O) groups is 2. The van der Waals surface area contributed by atoms with Gasteiger partial charge in [0.25, 0.3) is 11.7 Å². The van der Waals surface area contributed by atoms with Gasteiger partial charge in [0.15, 0.2) is 11.5 Å². The Morgan fingerprint density at radius 2 is 1.92 bits per heavy atom. The van der Waals surface area contributed by atoms with Crippen LogP contribution in [0.15, 0.2) is 66.2 Å². The largest absolute Gasteiger partial charge is 0.507 e.